The Morgan fingerprint density at radius 3 is 1.86 bits per heavy atom. The van der Waals surface area contributed by atoms with Crippen molar-refractivity contribution >= 4 is 8.80 Å². The fourth-order valence-electron chi connectivity index (χ4n) is 3.04. The Morgan fingerprint density at radius 1 is 0.793 bits per heavy atom. The predicted molar refractivity (Wildman–Crippen MR) is 113 cm³/mol. The van der Waals surface area contributed by atoms with Gasteiger partial charge in [-0.2, -0.15) is 13.2 Å². The van der Waals surface area contributed by atoms with Crippen LogP contribution in [0.3, 0.4) is 0 Å². The molecule has 7 heteroatoms. The molecule has 0 aliphatic heterocycles. The molecule has 29 heavy (non-hydrogen) atoms. The van der Waals surface area contributed by atoms with Gasteiger partial charge in [-0.05, 0) is 50.2 Å². The lowest BCUT2D eigenvalue weighted by molar-refractivity contribution is -0.137. The van der Waals surface area contributed by atoms with Crippen LogP contribution in [0.15, 0.2) is 24.3 Å². The topological polar surface area (TPSA) is 27.7 Å². The minimum atomic E-state index is -4.28. The number of hydrogen-bond donors (Lipinski definition) is 0. The Morgan fingerprint density at radius 2 is 1.34 bits per heavy atom. The molecule has 0 saturated heterocycles. The lowest BCUT2D eigenvalue weighted by Crippen LogP contribution is -2.46. The van der Waals surface area contributed by atoms with Crippen molar-refractivity contribution in [2.75, 3.05) is 19.8 Å². The fraction of sp³-hybridized carbons (Fsp3) is 0.727. The van der Waals surface area contributed by atoms with Crippen molar-refractivity contribution in [3.8, 4) is 0 Å². The van der Waals surface area contributed by atoms with E-state index in [0.29, 0.717) is 26.2 Å². The second-order valence-corrected chi connectivity index (χ2v) is 10.1. The van der Waals surface area contributed by atoms with Crippen molar-refractivity contribution < 1.29 is 26.4 Å². The van der Waals surface area contributed by atoms with Gasteiger partial charge in [-0.25, -0.2) is 0 Å². The third-order valence-corrected chi connectivity index (χ3v) is 7.43. The zero-order valence-corrected chi connectivity index (χ0v) is 19.2. The third-order valence-electron chi connectivity index (χ3n) is 4.53. The van der Waals surface area contributed by atoms with Gasteiger partial charge in [0.2, 0.25) is 0 Å². The summed E-state index contributed by atoms with van der Waals surface area (Å²) in [6.45, 7) is 8.17. The zero-order chi connectivity index (χ0) is 21.6. The van der Waals surface area contributed by atoms with Gasteiger partial charge in [-0.3, -0.25) is 0 Å². The molecule has 0 aromatic heterocycles. The lowest BCUT2D eigenvalue weighted by atomic mass is 10.0. The van der Waals surface area contributed by atoms with E-state index in [4.69, 9.17) is 13.3 Å². The second-order valence-electron chi connectivity index (χ2n) is 7.34. The van der Waals surface area contributed by atoms with Gasteiger partial charge >= 0.3 is 15.0 Å². The predicted octanol–water partition coefficient (Wildman–Crippen LogP) is 7.03. The average Bonchev–Trinajstić information content (AvgIpc) is 2.71. The summed E-state index contributed by atoms with van der Waals surface area (Å²) in [4.78, 5) is 0. The first kappa shape index (κ1) is 26.1. The maximum atomic E-state index is 12.8. The molecule has 0 spiro atoms. The molecule has 0 saturated carbocycles. The quantitative estimate of drug-likeness (QED) is 0.206. The molecule has 3 nitrogen and oxygen atoms in total. The molecule has 0 amide bonds. The Kier molecular flexibility index (Phi) is 12.8. The fourth-order valence-corrected chi connectivity index (χ4v) is 5.95. The normalized spacial score (nSPS) is 12.5. The lowest BCUT2D eigenvalue weighted by Gasteiger charge is -2.29. The van der Waals surface area contributed by atoms with E-state index in [-0.39, 0.29) is 0 Å². The molecular formula is C22H37F3O3Si. The summed E-state index contributed by atoms with van der Waals surface area (Å²) in [7, 11) is -2.64. The van der Waals surface area contributed by atoms with Crippen molar-refractivity contribution in [3.05, 3.63) is 35.4 Å². The summed E-state index contributed by atoms with van der Waals surface area (Å²) in [5.74, 6) is 0. The largest absolute Gasteiger partial charge is 0.500 e. The van der Waals surface area contributed by atoms with Crippen molar-refractivity contribution in [1.29, 1.82) is 0 Å². The highest BCUT2D eigenvalue weighted by molar-refractivity contribution is 6.60. The van der Waals surface area contributed by atoms with Gasteiger partial charge in [-0.15, -0.1) is 0 Å². The van der Waals surface area contributed by atoms with Gasteiger partial charge in [0.25, 0.3) is 0 Å². The van der Waals surface area contributed by atoms with Crippen LogP contribution in [-0.4, -0.2) is 28.6 Å². The summed E-state index contributed by atoms with van der Waals surface area (Å²) < 4.78 is 56.7. The summed E-state index contributed by atoms with van der Waals surface area (Å²) in [5, 5.41) is 0. The Labute approximate surface area is 175 Å². The van der Waals surface area contributed by atoms with Crippen LogP contribution in [0.2, 0.25) is 6.04 Å². The first-order valence-electron chi connectivity index (χ1n) is 10.9. The van der Waals surface area contributed by atoms with Crippen LogP contribution < -0.4 is 0 Å². The Hall–Kier alpha value is -0.893. The van der Waals surface area contributed by atoms with Gasteiger partial charge in [0.15, 0.2) is 0 Å². The highest BCUT2D eigenvalue weighted by Gasteiger charge is 2.40. The molecule has 0 radical (unpaired) electrons. The van der Waals surface area contributed by atoms with E-state index in [1.54, 1.807) is 6.07 Å². The van der Waals surface area contributed by atoms with Crippen LogP contribution in [0.4, 0.5) is 13.2 Å². The average molecular weight is 435 g/mol. The van der Waals surface area contributed by atoms with E-state index < -0.39 is 20.5 Å². The van der Waals surface area contributed by atoms with Gasteiger partial charge in [0.1, 0.15) is 0 Å². The smallest absolute Gasteiger partial charge is 0.373 e. The first-order chi connectivity index (χ1) is 13.9. The van der Waals surface area contributed by atoms with Crippen molar-refractivity contribution in [2.45, 2.75) is 84.4 Å². The molecule has 0 heterocycles. The van der Waals surface area contributed by atoms with Crippen LogP contribution in [0.25, 0.3) is 0 Å². The van der Waals surface area contributed by atoms with E-state index in [1.807, 2.05) is 0 Å². The van der Waals surface area contributed by atoms with Crippen LogP contribution in [0.1, 0.15) is 76.8 Å². The molecule has 0 N–H and O–H groups in total. The van der Waals surface area contributed by atoms with Crippen molar-refractivity contribution in [3.63, 3.8) is 0 Å². The standard InChI is InChI=1S/C22H37F3O3Si/c1-4-15-26-29(27-16-5-2,28-17-6-3)18-10-8-7-9-12-20-13-11-14-21(19-20)22(23,24)25/h11,13-14,19H,4-10,12,15-18H2,1-3H3. The summed E-state index contributed by atoms with van der Waals surface area (Å²) >= 11 is 0. The summed E-state index contributed by atoms with van der Waals surface area (Å²) in [6.07, 6.45) is 2.95. The number of aryl methyl sites for hydroxylation is 1. The van der Waals surface area contributed by atoms with Gasteiger partial charge < -0.3 is 13.3 Å². The number of hydrogen-bond acceptors (Lipinski definition) is 3. The molecule has 0 bridgehead atoms. The Balaban J connectivity index is 2.45. The minimum Gasteiger partial charge on any atom is -0.373 e. The van der Waals surface area contributed by atoms with Crippen molar-refractivity contribution in [2.24, 2.45) is 0 Å². The van der Waals surface area contributed by atoms with Crippen LogP contribution >= 0.6 is 0 Å². The van der Waals surface area contributed by atoms with Crippen molar-refractivity contribution in [1.82, 2.24) is 0 Å². The minimum absolute atomic E-state index is 0.569. The van der Waals surface area contributed by atoms with Crippen LogP contribution in [0.5, 0.6) is 0 Å². The van der Waals surface area contributed by atoms with E-state index in [1.165, 1.54) is 12.1 Å². The Bertz CT molecular complexity index is 531. The molecule has 0 atom stereocenters. The molecule has 1 rings (SSSR count). The summed E-state index contributed by atoms with van der Waals surface area (Å²) in [6, 6.07) is 6.43. The second kappa shape index (κ2) is 14.2. The van der Waals surface area contributed by atoms with Crippen LogP contribution in [0, 0.1) is 0 Å². The molecule has 1 aromatic carbocycles. The number of alkyl halides is 3. The van der Waals surface area contributed by atoms with E-state index in [0.717, 1.165) is 62.6 Å². The molecule has 0 aliphatic carbocycles. The monoisotopic (exact) mass is 434 g/mol. The highest BCUT2D eigenvalue weighted by Crippen LogP contribution is 2.30. The molecule has 1 aromatic rings. The van der Waals surface area contributed by atoms with E-state index in [2.05, 4.69) is 20.8 Å². The third kappa shape index (κ3) is 10.6. The van der Waals surface area contributed by atoms with Gasteiger partial charge in [-0.1, -0.05) is 51.8 Å². The van der Waals surface area contributed by atoms with E-state index in [9.17, 15) is 13.2 Å². The molecule has 0 aliphatic rings. The molecular weight excluding hydrogens is 397 g/mol. The van der Waals surface area contributed by atoms with Gasteiger partial charge in [0, 0.05) is 25.9 Å². The maximum Gasteiger partial charge on any atom is 0.500 e. The van der Waals surface area contributed by atoms with Gasteiger partial charge in [0.05, 0.1) is 5.56 Å². The van der Waals surface area contributed by atoms with Crippen LogP contribution in [-0.2, 0) is 25.9 Å². The first-order valence-corrected chi connectivity index (χ1v) is 12.9. The zero-order valence-electron chi connectivity index (χ0n) is 18.2. The van der Waals surface area contributed by atoms with E-state index >= 15 is 0 Å². The number of benzene rings is 1. The SMILES string of the molecule is CCCO[Si](CCCCCCc1cccc(C(F)(F)F)c1)(OCCC)OCCC. The molecule has 0 fully saturated rings. The summed E-state index contributed by atoms with van der Waals surface area (Å²) in [5.41, 5.74) is 0.174. The number of unbranched alkanes of at least 4 members (excludes halogenated alkanes) is 3. The highest BCUT2D eigenvalue weighted by atomic mass is 28.4. The number of halogens is 3. The number of rotatable bonds is 16. The molecule has 168 valence electrons. The molecule has 0 unspecified atom stereocenters. The maximum absolute atomic E-state index is 12.8.